The molecule has 0 radical (unpaired) electrons. The van der Waals surface area contributed by atoms with Gasteiger partial charge in [-0.3, -0.25) is 9.59 Å². The quantitative estimate of drug-likeness (QED) is 0.178. The Labute approximate surface area is 192 Å². The number of esters is 1. The molecule has 0 aliphatic rings. The molecule has 0 spiro atoms. The van der Waals surface area contributed by atoms with Gasteiger partial charge in [-0.1, -0.05) is 28.1 Å². The van der Waals surface area contributed by atoms with E-state index in [0.717, 1.165) is 4.47 Å². The molecule has 0 saturated heterocycles. The molecule has 32 heavy (non-hydrogen) atoms. The molecule has 3 aromatic rings. The van der Waals surface area contributed by atoms with E-state index in [9.17, 15) is 14.4 Å². The number of nitrogens with one attached hydrogen (secondary N) is 2. The number of hydrogen-bond acceptors (Lipinski definition) is 6. The maximum Gasteiger partial charge on any atom is 0.343 e. The van der Waals surface area contributed by atoms with Crippen molar-refractivity contribution in [2.45, 2.75) is 0 Å². The van der Waals surface area contributed by atoms with Crippen molar-refractivity contribution in [1.82, 2.24) is 5.43 Å². The van der Waals surface area contributed by atoms with Crippen LogP contribution in [-0.2, 0) is 9.59 Å². The second-order valence-corrected chi connectivity index (χ2v) is 7.27. The van der Waals surface area contributed by atoms with E-state index in [1.165, 1.54) is 13.3 Å². The summed E-state index contributed by atoms with van der Waals surface area (Å²) in [6.45, 7) is 0. The van der Waals surface area contributed by atoms with Gasteiger partial charge in [0.25, 0.3) is 0 Å². The molecule has 0 saturated carbocycles. The highest BCUT2D eigenvalue weighted by molar-refractivity contribution is 9.10. The van der Waals surface area contributed by atoms with Crippen LogP contribution in [0.4, 0.5) is 5.69 Å². The largest absolute Gasteiger partial charge is 0.497 e. The first-order chi connectivity index (χ1) is 15.4. The summed E-state index contributed by atoms with van der Waals surface area (Å²) in [5.41, 5.74) is 3.61. The Hall–Kier alpha value is -3.98. The van der Waals surface area contributed by atoms with Crippen LogP contribution in [-0.4, -0.2) is 31.1 Å². The summed E-state index contributed by atoms with van der Waals surface area (Å²) < 4.78 is 11.2. The molecule has 2 amide bonds. The number of hydrogen-bond donors (Lipinski definition) is 2. The number of ether oxygens (including phenoxy) is 2. The van der Waals surface area contributed by atoms with E-state index < -0.39 is 17.8 Å². The standard InChI is InChI=1S/C23H18BrN3O5/c1-31-20-7-3-6-18(13-20)26-21(28)22(29)27-25-14-15-8-10-19(11-9-15)32-23(30)16-4-2-5-17(24)12-16/h2-14H,1H3,(H,26,28)(H,27,29)/b25-14+. The van der Waals surface area contributed by atoms with E-state index in [0.29, 0.717) is 28.3 Å². The van der Waals surface area contributed by atoms with Crippen LogP contribution in [0.15, 0.2) is 82.4 Å². The van der Waals surface area contributed by atoms with Crippen molar-refractivity contribution in [1.29, 1.82) is 0 Å². The Morgan fingerprint density at radius 3 is 2.38 bits per heavy atom. The number of benzene rings is 3. The topological polar surface area (TPSA) is 106 Å². The summed E-state index contributed by atoms with van der Waals surface area (Å²) in [6.07, 6.45) is 1.36. The summed E-state index contributed by atoms with van der Waals surface area (Å²) >= 11 is 3.31. The third kappa shape index (κ3) is 6.51. The molecule has 3 rings (SSSR count). The van der Waals surface area contributed by atoms with Gasteiger partial charge in [0.2, 0.25) is 0 Å². The monoisotopic (exact) mass is 495 g/mol. The zero-order valence-corrected chi connectivity index (χ0v) is 18.5. The fraction of sp³-hybridized carbons (Fsp3) is 0.0435. The molecule has 3 aromatic carbocycles. The van der Waals surface area contributed by atoms with Gasteiger partial charge < -0.3 is 14.8 Å². The average Bonchev–Trinajstić information content (AvgIpc) is 2.80. The third-order valence-electron chi connectivity index (χ3n) is 4.06. The van der Waals surface area contributed by atoms with Gasteiger partial charge in [0.15, 0.2) is 0 Å². The number of carbonyl (C=O) groups excluding carboxylic acids is 3. The van der Waals surface area contributed by atoms with Gasteiger partial charge in [0, 0.05) is 16.2 Å². The van der Waals surface area contributed by atoms with E-state index in [1.54, 1.807) is 66.7 Å². The molecule has 0 heterocycles. The molecule has 8 nitrogen and oxygen atoms in total. The maximum atomic E-state index is 12.2. The van der Waals surface area contributed by atoms with E-state index in [2.05, 4.69) is 31.8 Å². The van der Waals surface area contributed by atoms with Crippen LogP contribution < -0.4 is 20.2 Å². The number of carbonyl (C=O) groups is 3. The predicted octanol–water partition coefficient (Wildman–Crippen LogP) is 3.77. The first-order valence-electron chi connectivity index (χ1n) is 9.31. The summed E-state index contributed by atoms with van der Waals surface area (Å²) in [5, 5.41) is 6.21. The van der Waals surface area contributed by atoms with Crippen molar-refractivity contribution in [3.63, 3.8) is 0 Å². The van der Waals surface area contributed by atoms with E-state index in [-0.39, 0.29) is 0 Å². The SMILES string of the molecule is COc1cccc(NC(=O)C(=O)N/N=C/c2ccc(OC(=O)c3cccc(Br)c3)cc2)c1. The highest BCUT2D eigenvalue weighted by Crippen LogP contribution is 2.17. The zero-order chi connectivity index (χ0) is 22.9. The minimum Gasteiger partial charge on any atom is -0.497 e. The van der Waals surface area contributed by atoms with Crippen LogP contribution in [0.25, 0.3) is 0 Å². The first-order valence-corrected chi connectivity index (χ1v) is 10.1. The lowest BCUT2D eigenvalue weighted by molar-refractivity contribution is -0.136. The minimum absolute atomic E-state index is 0.355. The predicted molar refractivity (Wildman–Crippen MR) is 123 cm³/mol. The molecule has 0 aliphatic heterocycles. The van der Waals surface area contributed by atoms with Crippen LogP contribution in [0.5, 0.6) is 11.5 Å². The molecule has 2 N–H and O–H groups in total. The molecular formula is C23H18BrN3O5. The molecule has 162 valence electrons. The second-order valence-electron chi connectivity index (χ2n) is 6.35. The Morgan fingerprint density at radius 1 is 0.906 bits per heavy atom. The Balaban J connectivity index is 1.51. The number of hydrazone groups is 1. The van der Waals surface area contributed by atoms with Crippen molar-refractivity contribution in [2.75, 3.05) is 12.4 Å². The van der Waals surface area contributed by atoms with Gasteiger partial charge >= 0.3 is 17.8 Å². The number of amides is 2. The average molecular weight is 496 g/mol. The Kier molecular flexibility index (Phi) is 7.71. The van der Waals surface area contributed by atoms with Gasteiger partial charge in [-0.15, -0.1) is 0 Å². The number of nitrogens with zero attached hydrogens (tertiary/aromatic N) is 1. The molecule has 9 heteroatoms. The molecule has 0 aromatic heterocycles. The first kappa shape index (κ1) is 22.7. The van der Waals surface area contributed by atoms with Crippen molar-refractivity contribution >= 4 is 45.6 Å². The van der Waals surface area contributed by atoms with Gasteiger partial charge in [-0.2, -0.15) is 5.10 Å². The van der Waals surface area contributed by atoms with Gasteiger partial charge in [-0.25, -0.2) is 10.2 Å². The van der Waals surface area contributed by atoms with Gasteiger partial charge in [0.05, 0.1) is 18.9 Å². The second kappa shape index (κ2) is 10.9. The molecule has 0 bridgehead atoms. The third-order valence-corrected chi connectivity index (χ3v) is 4.56. The normalized spacial score (nSPS) is 10.4. The lowest BCUT2D eigenvalue weighted by Gasteiger charge is -2.06. The van der Waals surface area contributed by atoms with Crippen LogP contribution in [0.3, 0.4) is 0 Å². The van der Waals surface area contributed by atoms with Crippen molar-refractivity contribution in [3.05, 3.63) is 88.4 Å². The molecule has 0 fully saturated rings. The van der Waals surface area contributed by atoms with Gasteiger partial charge in [-0.05, 0) is 60.2 Å². The number of methoxy groups -OCH3 is 1. The summed E-state index contributed by atoms with van der Waals surface area (Å²) in [4.78, 5) is 36.0. The highest BCUT2D eigenvalue weighted by atomic mass is 79.9. The minimum atomic E-state index is -0.927. The van der Waals surface area contributed by atoms with E-state index >= 15 is 0 Å². The fourth-order valence-corrected chi connectivity index (χ4v) is 2.91. The van der Waals surface area contributed by atoms with Crippen LogP contribution >= 0.6 is 15.9 Å². The summed E-state index contributed by atoms with van der Waals surface area (Å²) in [5.74, 6) is -1.38. The van der Waals surface area contributed by atoms with Crippen molar-refractivity contribution in [2.24, 2.45) is 5.10 Å². The van der Waals surface area contributed by atoms with Crippen molar-refractivity contribution < 1.29 is 23.9 Å². The molecule has 0 aliphatic carbocycles. The van der Waals surface area contributed by atoms with E-state index in [1.807, 2.05) is 6.07 Å². The molecule has 0 unspecified atom stereocenters. The van der Waals surface area contributed by atoms with Crippen LogP contribution in [0.1, 0.15) is 15.9 Å². The lowest BCUT2D eigenvalue weighted by atomic mass is 10.2. The maximum absolute atomic E-state index is 12.2. The molecular weight excluding hydrogens is 478 g/mol. The summed E-state index contributed by atoms with van der Waals surface area (Å²) in [7, 11) is 1.50. The Bertz CT molecular complexity index is 1160. The van der Waals surface area contributed by atoms with Gasteiger partial charge in [0.1, 0.15) is 11.5 Å². The van der Waals surface area contributed by atoms with E-state index in [4.69, 9.17) is 9.47 Å². The van der Waals surface area contributed by atoms with Crippen LogP contribution in [0.2, 0.25) is 0 Å². The molecule has 0 atom stereocenters. The Morgan fingerprint density at radius 2 is 1.66 bits per heavy atom. The fourth-order valence-electron chi connectivity index (χ4n) is 2.51. The smallest absolute Gasteiger partial charge is 0.343 e. The van der Waals surface area contributed by atoms with Crippen LogP contribution in [0, 0.1) is 0 Å². The number of anilines is 1. The number of halogens is 1. The number of rotatable bonds is 6. The lowest BCUT2D eigenvalue weighted by Crippen LogP contribution is -2.32. The highest BCUT2D eigenvalue weighted by Gasteiger charge is 2.13. The van der Waals surface area contributed by atoms with Crippen molar-refractivity contribution in [3.8, 4) is 11.5 Å². The zero-order valence-electron chi connectivity index (χ0n) is 16.9. The summed E-state index contributed by atoms with van der Waals surface area (Å²) in [6, 6.07) is 20.0.